The Balaban J connectivity index is 1.28. The van der Waals surface area contributed by atoms with Gasteiger partial charge in [0.05, 0.1) is 5.56 Å². The zero-order valence-corrected chi connectivity index (χ0v) is 22.2. The van der Waals surface area contributed by atoms with E-state index in [2.05, 4.69) is 25.3 Å². The van der Waals surface area contributed by atoms with E-state index in [0.717, 1.165) is 25.9 Å². The summed E-state index contributed by atoms with van der Waals surface area (Å²) in [5, 5.41) is 16.8. The van der Waals surface area contributed by atoms with Crippen molar-refractivity contribution >= 4 is 21.7 Å². The number of nitrogens with one attached hydrogen (secondary N) is 4. The predicted octanol–water partition coefficient (Wildman–Crippen LogP) is 1.96. The van der Waals surface area contributed by atoms with Gasteiger partial charge < -0.3 is 30.0 Å². The number of aromatic amines is 1. The van der Waals surface area contributed by atoms with Crippen LogP contribution >= 0.6 is 0 Å². The maximum atomic E-state index is 13.1. The van der Waals surface area contributed by atoms with Gasteiger partial charge in [0.2, 0.25) is 5.16 Å². The van der Waals surface area contributed by atoms with Gasteiger partial charge in [-0.2, -0.15) is 8.42 Å². The number of hydrogen-bond acceptors (Lipinski definition) is 8. The lowest BCUT2D eigenvalue weighted by atomic mass is 9.87. The van der Waals surface area contributed by atoms with Crippen LogP contribution in [-0.4, -0.2) is 67.1 Å². The van der Waals surface area contributed by atoms with Crippen LogP contribution in [0.4, 0.5) is 10.5 Å². The van der Waals surface area contributed by atoms with Crippen molar-refractivity contribution in [2.75, 3.05) is 37.4 Å². The first-order chi connectivity index (χ1) is 18.8. The Bertz CT molecular complexity index is 1460. The molecule has 0 spiro atoms. The van der Waals surface area contributed by atoms with E-state index < -0.39 is 21.6 Å². The molecule has 0 radical (unpaired) electrons. The lowest BCUT2D eigenvalue weighted by Crippen LogP contribution is -2.50. The summed E-state index contributed by atoms with van der Waals surface area (Å²) in [5.74, 6) is -0.125. The molecule has 208 valence electrons. The van der Waals surface area contributed by atoms with E-state index in [1.54, 1.807) is 23.1 Å². The molecule has 0 bridgehead atoms. The minimum absolute atomic E-state index is 0.114. The number of sulfonamides is 1. The quantitative estimate of drug-likeness (QED) is 0.236. The Morgan fingerprint density at radius 3 is 2.72 bits per heavy atom. The summed E-state index contributed by atoms with van der Waals surface area (Å²) in [5.41, 5.74) is 0.564. The van der Waals surface area contributed by atoms with Crippen molar-refractivity contribution in [1.82, 2.24) is 25.5 Å². The summed E-state index contributed by atoms with van der Waals surface area (Å²) >= 11 is 0. The van der Waals surface area contributed by atoms with Gasteiger partial charge in [-0.3, -0.25) is 4.72 Å². The van der Waals surface area contributed by atoms with Crippen molar-refractivity contribution in [2.45, 2.75) is 36.8 Å². The Labute approximate surface area is 225 Å². The zero-order valence-electron chi connectivity index (χ0n) is 21.4. The molecule has 3 aromatic rings. The molecule has 39 heavy (non-hydrogen) atoms. The molecule has 5 N–H and O–H groups in total. The molecule has 1 unspecified atom stereocenters. The number of urea groups is 1. The molecule has 2 aromatic heterocycles. The number of piperazine rings is 1. The van der Waals surface area contributed by atoms with Crippen molar-refractivity contribution in [3.8, 4) is 5.75 Å². The molecule has 1 saturated carbocycles. The number of aromatic nitrogens is 2. The highest BCUT2D eigenvalue weighted by atomic mass is 32.2. The average Bonchev–Trinajstić information content (AvgIpc) is 3.58. The van der Waals surface area contributed by atoms with E-state index >= 15 is 0 Å². The van der Waals surface area contributed by atoms with Gasteiger partial charge in [0, 0.05) is 69.2 Å². The Kier molecular flexibility index (Phi) is 7.89. The monoisotopic (exact) mass is 556 g/mol. The van der Waals surface area contributed by atoms with Crippen molar-refractivity contribution in [3.63, 3.8) is 0 Å². The molecule has 13 heteroatoms. The van der Waals surface area contributed by atoms with Crippen LogP contribution in [0.5, 0.6) is 5.75 Å². The van der Waals surface area contributed by atoms with Gasteiger partial charge in [-0.25, -0.2) is 14.6 Å². The van der Waals surface area contributed by atoms with Gasteiger partial charge in [-0.15, -0.1) is 0 Å². The van der Waals surface area contributed by atoms with E-state index in [9.17, 15) is 23.1 Å². The number of carbonyl (C=O) groups is 1. The topological polar surface area (TPSA) is 170 Å². The number of aryl methyl sites for hydroxylation is 1. The average molecular weight is 557 g/mol. The largest absolute Gasteiger partial charge is 0.507 e. The fraction of sp³-hybridized carbons (Fsp3) is 0.423. The number of nitrogens with zero attached hydrogens (tertiary/aromatic N) is 2. The van der Waals surface area contributed by atoms with Crippen LogP contribution in [0.1, 0.15) is 42.1 Å². The van der Waals surface area contributed by atoms with E-state index in [0.29, 0.717) is 49.5 Å². The van der Waals surface area contributed by atoms with E-state index in [4.69, 9.17) is 4.42 Å². The second kappa shape index (κ2) is 11.5. The predicted molar refractivity (Wildman–Crippen MR) is 143 cm³/mol. The first-order valence-electron chi connectivity index (χ1n) is 13.0. The maximum Gasteiger partial charge on any atom is 0.343 e. The Morgan fingerprint density at radius 1 is 1.23 bits per heavy atom. The van der Waals surface area contributed by atoms with Crippen LogP contribution in [0, 0.1) is 5.92 Å². The number of H-pyrrole nitrogens is 1. The van der Waals surface area contributed by atoms with Crippen LogP contribution in [-0.2, 0) is 16.4 Å². The summed E-state index contributed by atoms with van der Waals surface area (Å²) < 4.78 is 33.3. The lowest BCUT2D eigenvalue weighted by Gasteiger charge is -2.27. The van der Waals surface area contributed by atoms with Crippen molar-refractivity contribution in [1.29, 1.82) is 0 Å². The van der Waals surface area contributed by atoms with Crippen LogP contribution < -0.4 is 21.0 Å². The third-order valence-electron chi connectivity index (χ3n) is 6.93. The third kappa shape index (κ3) is 6.42. The van der Waals surface area contributed by atoms with Crippen LogP contribution in [0.3, 0.4) is 0 Å². The number of anilines is 1. The Hall–Kier alpha value is -3.84. The summed E-state index contributed by atoms with van der Waals surface area (Å²) in [4.78, 5) is 33.5. The SMILES string of the molecule is O=C(NCCCc1cc(O)c(C(c2cccc(NS(=O)(=O)c3ncc[nH]3)c2)C2CC2)c(=O)o1)N1CCNCC1. The van der Waals surface area contributed by atoms with Gasteiger partial charge >= 0.3 is 11.7 Å². The lowest BCUT2D eigenvalue weighted by molar-refractivity contribution is 0.190. The highest BCUT2D eigenvalue weighted by molar-refractivity contribution is 7.92. The number of imidazole rings is 1. The number of amides is 2. The Morgan fingerprint density at radius 2 is 2.03 bits per heavy atom. The molecule has 5 rings (SSSR count). The molecular weight excluding hydrogens is 524 g/mol. The molecule has 12 nitrogen and oxygen atoms in total. The van der Waals surface area contributed by atoms with Gasteiger partial charge in [0.1, 0.15) is 11.5 Å². The van der Waals surface area contributed by atoms with E-state index in [1.807, 2.05) is 6.07 Å². The number of aromatic hydroxyl groups is 1. The van der Waals surface area contributed by atoms with Crippen LogP contribution in [0.15, 0.2) is 57.1 Å². The molecule has 2 amide bonds. The molecule has 1 saturated heterocycles. The summed E-state index contributed by atoms with van der Waals surface area (Å²) in [6.45, 7) is 3.29. The second-order valence-electron chi connectivity index (χ2n) is 9.81. The van der Waals surface area contributed by atoms with Crippen LogP contribution in [0.25, 0.3) is 0 Å². The minimum Gasteiger partial charge on any atom is -0.507 e. The summed E-state index contributed by atoms with van der Waals surface area (Å²) in [6.07, 6.45) is 5.44. The number of rotatable bonds is 10. The highest BCUT2D eigenvalue weighted by Gasteiger charge is 2.37. The molecule has 2 fully saturated rings. The molecule has 1 aromatic carbocycles. The number of benzene rings is 1. The fourth-order valence-corrected chi connectivity index (χ4v) is 5.84. The molecule has 3 heterocycles. The standard InChI is InChI=1S/C26H32N6O6S/c33-21-16-20(5-2-8-30-26(35)32-13-11-27-12-14-32)38-24(34)23(21)22(17-6-7-17)18-3-1-4-19(15-18)31-39(36,37)25-28-9-10-29-25/h1,3-4,9-10,15-17,22,27,31,33H,2,5-8,11-14H2,(H,28,29)(H,30,35). The van der Waals surface area contributed by atoms with Gasteiger partial charge in [-0.1, -0.05) is 12.1 Å². The second-order valence-corrected chi connectivity index (χ2v) is 11.4. The van der Waals surface area contributed by atoms with Gasteiger partial charge in [-0.05, 0) is 42.9 Å². The first-order valence-corrected chi connectivity index (χ1v) is 14.5. The molecule has 1 aliphatic carbocycles. The van der Waals surface area contributed by atoms with Crippen LogP contribution in [0.2, 0.25) is 0 Å². The van der Waals surface area contributed by atoms with Gasteiger partial charge in [0.25, 0.3) is 10.0 Å². The van der Waals surface area contributed by atoms with Crippen molar-refractivity contribution in [3.05, 3.63) is 70.0 Å². The third-order valence-corrected chi connectivity index (χ3v) is 8.16. The normalized spacial score (nSPS) is 16.6. The smallest absolute Gasteiger partial charge is 0.343 e. The van der Waals surface area contributed by atoms with Crippen molar-refractivity contribution < 1.29 is 22.7 Å². The zero-order chi connectivity index (χ0) is 27.4. The fourth-order valence-electron chi connectivity index (χ4n) is 4.89. The van der Waals surface area contributed by atoms with E-state index in [1.165, 1.54) is 18.5 Å². The maximum absolute atomic E-state index is 13.1. The van der Waals surface area contributed by atoms with Crippen molar-refractivity contribution in [2.24, 2.45) is 5.92 Å². The molecule has 1 atom stereocenters. The minimum atomic E-state index is -3.90. The number of hydrogen-bond donors (Lipinski definition) is 5. The highest BCUT2D eigenvalue weighted by Crippen LogP contribution is 2.48. The summed E-state index contributed by atoms with van der Waals surface area (Å²) in [7, 11) is -3.90. The molecule has 2 aliphatic rings. The summed E-state index contributed by atoms with van der Waals surface area (Å²) in [6, 6.07) is 8.14. The molecular formula is C26H32N6O6S. The van der Waals surface area contributed by atoms with Gasteiger partial charge in [0.15, 0.2) is 0 Å². The first kappa shape index (κ1) is 26.8. The molecule has 1 aliphatic heterocycles. The number of carbonyl (C=O) groups excluding carboxylic acids is 1. The van der Waals surface area contributed by atoms with E-state index in [-0.39, 0.29) is 28.4 Å².